The average molecular weight is 424 g/mol. The van der Waals surface area contributed by atoms with Crippen molar-refractivity contribution in [3.63, 3.8) is 0 Å². The maximum absolute atomic E-state index is 13.3. The van der Waals surface area contributed by atoms with Crippen LogP contribution in [-0.2, 0) is 6.54 Å². The molecule has 0 spiro atoms. The Balaban J connectivity index is 1.41. The van der Waals surface area contributed by atoms with E-state index in [4.69, 9.17) is 4.74 Å². The van der Waals surface area contributed by atoms with Crippen molar-refractivity contribution in [2.75, 3.05) is 44.7 Å². The molecule has 2 amide bonds. The fourth-order valence-corrected chi connectivity index (χ4v) is 4.61. The summed E-state index contributed by atoms with van der Waals surface area (Å²) >= 11 is 0. The first kappa shape index (κ1) is 21.4. The van der Waals surface area contributed by atoms with E-state index in [0.29, 0.717) is 6.54 Å². The second-order valence-electron chi connectivity index (χ2n) is 8.51. The lowest BCUT2D eigenvalue weighted by molar-refractivity contribution is -0.00526. The van der Waals surface area contributed by atoms with Gasteiger partial charge in [0.2, 0.25) is 0 Å². The standard InChI is InChI=1S/C24H33N5O2/c1-5-21-17-27(16-20-6-8-22(31-4)9-7-20)24(30)29(21)28-12-10-26(11-13-28)23-19(3)14-18(2)15-25-23/h6-9,14-15,21H,5,10-13,16-17H2,1-4H3. The zero-order valence-electron chi connectivity index (χ0n) is 19.0. The third-order valence-electron chi connectivity index (χ3n) is 6.29. The molecule has 0 radical (unpaired) electrons. The highest BCUT2D eigenvalue weighted by Gasteiger charge is 2.40. The maximum atomic E-state index is 13.3. The highest BCUT2D eigenvalue weighted by Crippen LogP contribution is 2.26. The molecular formula is C24H33N5O2. The molecule has 7 heteroatoms. The van der Waals surface area contributed by atoms with Crippen molar-refractivity contribution in [2.45, 2.75) is 39.8 Å². The molecule has 7 nitrogen and oxygen atoms in total. The van der Waals surface area contributed by atoms with Gasteiger partial charge in [-0.15, -0.1) is 0 Å². The molecule has 0 aliphatic carbocycles. The first-order valence-corrected chi connectivity index (χ1v) is 11.1. The van der Waals surface area contributed by atoms with Gasteiger partial charge in [0.15, 0.2) is 0 Å². The number of carbonyl (C=O) groups is 1. The highest BCUT2D eigenvalue weighted by atomic mass is 16.5. The van der Waals surface area contributed by atoms with Crippen LogP contribution >= 0.6 is 0 Å². The molecule has 1 aromatic heterocycles. The number of aryl methyl sites for hydroxylation is 2. The lowest BCUT2D eigenvalue weighted by atomic mass is 10.2. The summed E-state index contributed by atoms with van der Waals surface area (Å²) in [4.78, 5) is 22.3. The van der Waals surface area contributed by atoms with E-state index in [1.807, 2.05) is 40.4 Å². The van der Waals surface area contributed by atoms with E-state index < -0.39 is 0 Å². The molecule has 4 rings (SSSR count). The van der Waals surface area contributed by atoms with E-state index in [9.17, 15) is 4.79 Å². The molecule has 2 saturated heterocycles. The van der Waals surface area contributed by atoms with Gasteiger partial charge in [-0.2, -0.15) is 0 Å². The normalized spacial score (nSPS) is 19.9. The number of hydrogen-bond donors (Lipinski definition) is 0. The molecule has 166 valence electrons. The Kier molecular flexibility index (Phi) is 6.32. The zero-order chi connectivity index (χ0) is 22.0. The van der Waals surface area contributed by atoms with Crippen LogP contribution in [0.25, 0.3) is 0 Å². The summed E-state index contributed by atoms with van der Waals surface area (Å²) in [5.41, 5.74) is 3.52. The summed E-state index contributed by atoms with van der Waals surface area (Å²) in [7, 11) is 1.67. The van der Waals surface area contributed by atoms with Crippen LogP contribution in [0.15, 0.2) is 36.5 Å². The van der Waals surface area contributed by atoms with Gasteiger partial charge in [-0.05, 0) is 49.1 Å². The van der Waals surface area contributed by atoms with E-state index in [2.05, 4.69) is 41.7 Å². The topological polar surface area (TPSA) is 52.2 Å². The number of aromatic nitrogens is 1. The summed E-state index contributed by atoms with van der Waals surface area (Å²) in [6.45, 7) is 11.1. The number of methoxy groups -OCH3 is 1. The smallest absolute Gasteiger partial charge is 0.335 e. The Hall–Kier alpha value is -2.80. The maximum Gasteiger partial charge on any atom is 0.335 e. The van der Waals surface area contributed by atoms with Crippen LogP contribution in [0.4, 0.5) is 10.6 Å². The van der Waals surface area contributed by atoms with Gasteiger partial charge in [-0.3, -0.25) is 5.01 Å². The predicted molar refractivity (Wildman–Crippen MR) is 122 cm³/mol. The van der Waals surface area contributed by atoms with Gasteiger partial charge in [0.25, 0.3) is 0 Å². The fourth-order valence-electron chi connectivity index (χ4n) is 4.61. The Labute approximate surface area is 185 Å². The zero-order valence-corrected chi connectivity index (χ0v) is 19.0. The number of anilines is 1. The predicted octanol–water partition coefficient (Wildman–Crippen LogP) is 3.46. The Morgan fingerprint density at radius 1 is 1.10 bits per heavy atom. The number of pyridine rings is 1. The number of hydrazine groups is 1. The molecule has 2 aliphatic rings. The Morgan fingerprint density at radius 2 is 1.81 bits per heavy atom. The van der Waals surface area contributed by atoms with E-state index >= 15 is 0 Å². The van der Waals surface area contributed by atoms with E-state index in [-0.39, 0.29) is 12.1 Å². The SMILES string of the molecule is CCC1CN(Cc2ccc(OC)cc2)C(=O)N1N1CCN(c2ncc(C)cc2C)CC1. The van der Waals surface area contributed by atoms with Crippen LogP contribution in [0.5, 0.6) is 5.75 Å². The molecular weight excluding hydrogens is 390 g/mol. The molecule has 1 aromatic carbocycles. The third-order valence-corrected chi connectivity index (χ3v) is 6.29. The number of ether oxygens (including phenoxy) is 1. The molecule has 31 heavy (non-hydrogen) atoms. The van der Waals surface area contributed by atoms with Gasteiger partial charge in [-0.1, -0.05) is 25.1 Å². The monoisotopic (exact) mass is 423 g/mol. The average Bonchev–Trinajstić information content (AvgIpc) is 3.09. The van der Waals surface area contributed by atoms with Crippen LogP contribution in [0.3, 0.4) is 0 Å². The minimum Gasteiger partial charge on any atom is -0.497 e. The molecule has 1 atom stereocenters. The lowest BCUT2D eigenvalue weighted by Gasteiger charge is -2.41. The van der Waals surface area contributed by atoms with Crippen LogP contribution in [-0.4, -0.2) is 71.8 Å². The summed E-state index contributed by atoms with van der Waals surface area (Å²) < 4.78 is 5.24. The number of piperazine rings is 1. The van der Waals surface area contributed by atoms with Gasteiger partial charge in [0.05, 0.1) is 13.2 Å². The highest BCUT2D eigenvalue weighted by molar-refractivity contribution is 5.76. The lowest BCUT2D eigenvalue weighted by Crippen LogP contribution is -2.57. The number of rotatable bonds is 6. The number of hydrogen-bond acceptors (Lipinski definition) is 5. The van der Waals surface area contributed by atoms with Crippen LogP contribution in [0.1, 0.15) is 30.0 Å². The second-order valence-corrected chi connectivity index (χ2v) is 8.51. The van der Waals surface area contributed by atoms with Gasteiger partial charge < -0.3 is 14.5 Å². The summed E-state index contributed by atoms with van der Waals surface area (Å²) in [5.74, 6) is 1.90. The minimum atomic E-state index is 0.112. The summed E-state index contributed by atoms with van der Waals surface area (Å²) in [6.07, 6.45) is 2.88. The number of amides is 2. The first-order valence-electron chi connectivity index (χ1n) is 11.1. The summed E-state index contributed by atoms with van der Waals surface area (Å²) in [5, 5.41) is 4.25. The molecule has 0 saturated carbocycles. The van der Waals surface area contributed by atoms with Crippen LogP contribution in [0, 0.1) is 13.8 Å². The van der Waals surface area contributed by atoms with Crippen molar-refractivity contribution in [1.82, 2.24) is 19.9 Å². The van der Waals surface area contributed by atoms with Crippen molar-refractivity contribution in [1.29, 1.82) is 0 Å². The molecule has 0 bridgehead atoms. The van der Waals surface area contributed by atoms with Crippen molar-refractivity contribution in [3.05, 3.63) is 53.2 Å². The van der Waals surface area contributed by atoms with Crippen molar-refractivity contribution in [2.24, 2.45) is 0 Å². The molecule has 2 aromatic rings. The Bertz CT molecular complexity index is 909. The van der Waals surface area contributed by atoms with Gasteiger partial charge in [-0.25, -0.2) is 14.8 Å². The first-order chi connectivity index (χ1) is 15.0. The number of urea groups is 1. The number of nitrogens with zero attached hydrogens (tertiary/aromatic N) is 5. The van der Waals surface area contributed by atoms with Gasteiger partial charge >= 0.3 is 6.03 Å². The molecule has 2 aliphatic heterocycles. The molecule has 2 fully saturated rings. The van der Waals surface area contributed by atoms with Gasteiger partial charge in [0, 0.05) is 45.5 Å². The molecule has 1 unspecified atom stereocenters. The van der Waals surface area contributed by atoms with Crippen molar-refractivity contribution < 1.29 is 9.53 Å². The van der Waals surface area contributed by atoms with E-state index in [1.165, 1.54) is 11.1 Å². The van der Waals surface area contributed by atoms with Crippen LogP contribution < -0.4 is 9.64 Å². The number of benzene rings is 1. The van der Waals surface area contributed by atoms with Gasteiger partial charge in [0.1, 0.15) is 11.6 Å². The van der Waals surface area contributed by atoms with E-state index in [0.717, 1.165) is 56.3 Å². The summed E-state index contributed by atoms with van der Waals surface area (Å²) in [6, 6.07) is 10.5. The quantitative estimate of drug-likeness (QED) is 0.712. The van der Waals surface area contributed by atoms with E-state index in [1.54, 1.807) is 7.11 Å². The number of carbonyl (C=O) groups excluding carboxylic acids is 1. The minimum absolute atomic E-state index is 0.112. The van der Waals surface area contributed by atoms with Crippen molar-refractivity contribution in [3.8, 4) is 5.75 Å². The largest absolute Gasteiger partial charge is 0.497 e. The third kappa shape index (κ3) is 4.46. The fraction of sp³-hybridized carbons (Fsp3) is 0.500. The molecule has 0 N–H and O–H groups in total. The van der Waals surface area contributed by atoms with Crippen LogP contribution in [0.2, 0.25) is 0 Å². The second kappa shape index (κ2) is 9.14. The Morgan fingerprint density at radius 3 is 2.42 bits per heavy atom. The van der Waals surface area contributed by atoms with Crippen molar-refractivity contribution >= 4 is 11.8 Å². The molecule has 3 heterocycles.